The first-order valence-electron chi connectivity index (χ1n) is 7.01. The minimum atomic E-state index is 0.451. The first kappa shape index (κ1) is 15.0. The van der Waals surface area contributed by atoms with Gasteiger partial charge in [-0.05, 0) is 48.4 Å². The fraction of sp³-hybridized carbons (Fsp3) is 0.294. The normalized spacial score (nSPS) is 10.2. The molecule has 0 aliphatic rings. The van der Waals surface area contributed by atoms with Gasteiger partial charge in [-0.2, -0.15) is 0 Å². The quantitative estimate of drug-likeness (QED) is 0.627. The molecule has 0 unspecified atom stereocenters. The van der Waals surface area contributed by atoms with Crippen LogP contribution in [0, 0.1) is 0 Å². The summed E-state index contributed by atoms with van der Waals surface area (Å²) in [6.07, 6.45) is 0.969. The molecule has 0 radical (unpaired) electrons. The van der Waals surface area contributed by atoms with E-state index in [-0.39, 0.29) is 0 Å². The molecule has 2 aromatic carbocycles. The predicted molar refractivity (Wildman–Crippen MR) is 84.2 cm³/mol. The molecule has 0 saturated heterocycles. The second-order valence-electron chi connectivity index (χ2n) is 4.60. The van der Waals surface area contributed by atoms with E-state index in [1.165, 1.54) is 5.56 Å². The van der Waals surface area contributed by atoms with Gasteiger partial charge >= 0.3 is 0 Å². The molecule has 4 nitrogen and oxygen atoms in total. The number of rotatable bonds is 7. The summed E-state index contributed by atoms with van der Waals surface area (Å²) in [5, 5.41) is 0. The molecule has 0 atom stereocenters. The number of anilines is 1. The lowest BCUT2D eigenvalue weighted by atomic mass is 10.1. The van der Waals surface area contributed by atoms with E-state index < -0.39 is 0 Å². The van der Waals surface area contributed by atoms with Gasteiger partial charge in [0.25, 0.3) is 0 Å². The van der Waals surface area contributed by atoms with Gasteiger partial charge in [-0.15, -0.1) is 0 Å². The van der Waals surface area contributed by atoms with E-state index >= 15 is 0 Å². The Balaban J connectivity index is 1.84. The Kier molecular flexibility index (Phi) is 5.32. The molecule has 2 N–H and O–H groups in total. The van der Waals surface area contributed by atoms with Crippen LogP contribution in [0.15, 0.2) is 42.5 Å². The second kappa shape index (κ2) is 7.43. The van der Waals surface area contributed by atoms with Gasteiger partial charge in [0.2, 0.25) is 0 Å². The Morgan fingerprint density at radius 1 is 0.905 bits per heavy atom. The van der Waals surface area contributed by atoms with Crippen molar-refractivity contribution in [3.05, 3.63) is 48.0 Å². The maximum absolute atomic E-state index is 5.70. The third-order valence-corrected chi connectivity index (χ3v) is 3.13. The van der Waals surface area contributed by atoms with Crippen LogP contribution in [-0.4, -0.2) is 20.3 Å². The minimum absolute atomic E-state index is 0.451. The van der Waals surface area contributed by atoms with E-state index in [2.05, 4.69) is 6.92 Å². The highest BCUT2D eigenvalue weighted by Gasteiger charge is 2.05. The zero-order valence-electron chi connectivity index (χ0n) is 12.5. The molecular weight excluding hydrogens is 266 g/mol. The number of aryl methyl sites for hydroxylation is 1. The van der Waals surface area contributed by atoms with Crippen LogP contribution in [0.2, 0.25) is 0 Å². The average Bonchev–Trinajstić information content (AvgIpc) is 2.53. The van der Waals surface area contributed by atoms with Gasteiger partial charge in [-0.1, -0.05) is 13.0 Å². The summed E-state index contributed by atoms with van der Waals surface area (Å²) in [5.74, 6) is 2.26. The number of nitrogen functional groups attached to an aromatic ring is 1. The summed E-state index contributed by atoms with van der Waals surface area (Å²) in [5.41, 5.74) is 7.56. The van der Waals surface area contributed by atoms with Crippen LogP contribution in [0.4, 0.5) is 5.69 Å². The molecule has 0 spiro atoms. The van der Waals surface area contributed by atoms with Crippen molar-refractivity contribution in [1.29, 1.82) is 0 Å². The van der Waals surface area contributed by atoms with Crippen molar-refractivity contribution in [2.75, 3.05) is 26.1 Å². The average molecular weight is 287 g/mol. The van der Waals surface area contributed by atoms with Crippen molar-refractivity contribution in [3.8, 4) is 17.2 Å². The standard InChI is InChI=1S/C17H21NO3/c1-3-13-4-9-16(17(12-13)19-2)21-11-10-20-15-7-5-14(18)6-8-15/h4-9,12H,3,10-11,18H2,1-2H3. The summed E-state index contributed by atoms with van der Waals surface area (Å²) in [6.45, 7) is 3.02. The summed E-state index contributed by atoms with van der Waals surface area (Å²) in [4.78, 5) is 0. The maximum Gasteiger partial charge on any atom is 0.161 e. The molecule has 4 heteroatoms. The fourth-order valence-corrected chi connectivity index (χ4v) is 1.93. The Hall–Kier alpha value is -2.36. The van der Waals surface area contributed by atoms with Crippen molar-refractivity contribution < 1.29 is 14.2 Å². The largest absolute Gasteiger partial charge is 0.493 e. The van der Waals surface area contributed by atoms with Crippen molar-refractivity contribution >= 4 is 5.69 Å². The minimum Gasteiger partial charge on any atom is -0.493 e. The van der Waals surface area contributed by atoms with Crippen molar-refractivity contribution in [1.82, 2.24) is 0 Å². The summed E-state index contributed by atoms with van der Waals surface area (Å²) in [6, 6.07) is 13.3. The first-order valence-corrected chi connectivity index (χ1v) is 7.01. The number of nitrogens with two attached hydrogens (primary N) is 1. The molecule has 0 bridgehead atoms. The summed E-state index contributed by atoms with van der Waals surface area (Å²) < 4.78 is 16.6. The lowest BCUT2D eigenvalue weighted by Gasteiger charge is -2.12. The van der Waals surface area contributed by atoms with Crippen molar-refractivity contribution in [3.63, 3.8) is 0 Å². The van der Waals surface area contributed by atoms with E-state index in [0.29, 0.717) is 13.2 Å². The third-order valence-electron chi connectivity index (χ3n) is 3.13. The highest BCUT2D eigenvalue weighted by atomic mass is 16.5. The molecule has 2 rings (SSSR count). The monoisotopic (exact) mass is 287 g/mol. The molecule has 2 aromatic rings. The molecule has 0 aliphatic carbocycles. The molecule has 0 heterocycles. The van der Waals surface area contributed by atoms with Gasteiger partial charge in [-0.3, -0.25) is 0 Å². The maximum atomic E-state index is 5.70. The molecule has 0 fully saturated rings. The fourth-order valence-electron chi connectivity index (χ4n) is 1.93. The molecule has 112 valence electrons. The Morgan fingerprint density at radius 3 is 2.29 bits per heavy atom. The Labute approximate surface area is 125 Å². The van der Waals surface area contributed by atoms with Gasteiger partial charge in [0.05, 0.1) is 7.11 Å². The Bertz CT molecular complexity index is 567. The van der Waals surface area contributed by atoms with E-state index in [9.17, 15) is 0 Å². The highest BCUT2D eigenvalue weighted by molar-refractivity contribution is 5.43. The van der Waals surface area contributed by atoms with E-state index in [0.717, 1.165) is 29.4 Å². The zero-order valence-corrected chi connectivity index (χ0v) is 12.5. The lowest BCUT2D eigenvalue weighted by molar-refractivity contribution is 0.211. The topological polar surface area (TPSA) is 53.7 Å². The second-order valence-corrected chi connectivity index (χ2v) is 4.60. The van der Waals surface area contributed by atoms with Gasteiger partial charge in [0, 0.05) is 5.69 Å². The molecule has 0 aromatic heterocycles. The number of ether oxygens (including phenoxy) is 3. The summed E-state index contributed by atoms with van der Waals surface area (Å²) in [7, 11) is 1.65. The van der Waals surface area contributed by atoms with Crippen LogP contribution < -0.4 is 19.9 Å². The van der Waals surface area contributed by atoms with E-state index in [1.807, 2.05) is 42.5 Å². The number of benzene rings is 2. The van der Waals surface area contributed by atoms with Crippen LogP contribution in [-0.2, 0) is 6.42 Å². The molecule has 21 heavy (non-hydrogen) atoms. The van der Waals surface area contributed by atoms with Crippen LogP contribution in [0.25, 0.3) is 0 Å². The lowest BCUT2D eigenvalue weighted by Crippen LogP contribution is -2.09. The SMILES string of the molecule is CCc1ccc(OCCOc2ccc(N)cc2)c(OC)c1. The van der Waals surface area contributed by atoms with Crippen LogP contribution in [0.5, 0.6) is 17.2 Å². The molecule has 0 aliphatic heterocycles. The van der Waals surface area contributed by atoms with E-state index in [1.54, 1.807) is 7.11 Å². The molecular formula is C17H21NO3. The van der Waals surface area contributed by atoms with E-state index in [4.69, 9.17) is 19.9 Å². The van der Waals surface area contributed by atoms with Crippen LogP contribution in [0.1, 0.15) is 12.5 Å². The Morgan fingerprint density at radius 2 is 1.62 bits per heavy atom. The third kappa shape index (κ3) is 4.31. The smallest absolute Gasteiger partial charge is 0.161 e. The number of hydrogen-bond donors (Lipinski definition) is 1. The van der Waals surface area contributed by atoms with Gasteiger partial charge in [0.1, 0.15) is 19.0 Å². The van der Waals surface area contributed by atoms with Gasteiger partial charge in [0.15, 0.2) is 11.5 Å². The number of methoxy groups -OCH3 is 1. The zero-order chi connectivity index (χ0) is 15.1. The van der Waals surface area contributed by atoms with Gasteiger partial charge in [-0.25, -0.2) is 0 Å². The first-order chi connectivity index (χ1) is 10.2. The number of hydrogen-bond acceptors (Lipinski definition) is 4. The highest BCUT2D eigenvalue weighted by Crippen LogP contribution is 2.28. The van der Waals surface area contributed by atoms with Crippen LogP contribution in [0.3, 0.4) is 0 Å². The predicted octanol–water partition coefficient (Wildman–Crippen LogP) is 3.30. The van der Waals surface area contributed by atoms with Crippen molar-refractivity contribution in [2.24, 2.45) is 0 Å². The van der Waals surface area contributed by atoms with Crippen molar-refractivity contribution in [2.45, 2.75) is 13.3 Å². The molecule has 0 saturated carbocycles. The van der Waals surface area contributed by atoms with Gasteiger partial charge < -0.3 is 19.9 Å². The molecule has 0 amide bonds. The van der Waals surface area contributed by atoms with Crippen LogP contribution >= 0.6 is 0 Å². The summed E-state index contributed by atoms with van der Waals surface area (Å²) >= 11 is 0.